The second-order valence-corrected chi connectivity index (χ2v) is 5.12. The van der Waals surface area contributed by atoms with Crippen molar-refractivity contribution in [3.8, 4) is 0 Å². The molecule has 3 nitrogen and oxygen atoms in total. The highest BCUT2D eigenvalue weighted by molar-refractivity contribution is 6.66. The van der Waals surface area contributed by atoms with Gasteiger partial charge in [-0.25, -0.2) is 0 Å². The Hall–Kier alpha value is -1.03. The number of allylic oxidation sites excluding steroid dienone is 1. The van der Waals surface area contributed by atoms with Crippen LogP contribution in [-0.2, 0) is 4.79 Å². The van der Waals surface area contributed by atoms with E-state index in [0.29, 0.717) is 5.56 Å². The molecule has 1 aromatic rings. The van der Waals surface area contributed by atoms with Crippen molar-refractivity contribution in [3.05, 3.63) is 46.6 Å². The van der Waals surface area contributed by atoms with Gasteiger partial charge in [-0.3, -0.25) is 9.59 Å². The molecule has 17 heavy (non-hydrogen) atoms. The van der Waals surface area contributed by atoms with Crippen molar-refractivity contribution in [2.75, 3.05) is 0 Å². The van der Waals surface area contributed by atoms with Crippen molar-refractivity contribution in [2.24, 2.45) is 0 Å². The number of carbonyl (C=O) groups is 2. The molecular formula is C11H6Cl3NO2. The van der Waals surface area contributed by atoms with Crippen LogP contribution in [0.3, 0.4) is 0 Å². The molecule has 0 fully saturated rings. The summed E-state index contributed by atoms with van der Waals surface area (Å²) in [6, 6.07) is 8.38. The predicted octanol–water partition coefficient (Wildman–Crippen LogP) is 2.62. The molecule has 88 valence electrons. The second-order valence-electron chi connectivity index (χ2n) is 3.41. The Morgan fingerprint density at radius 2 is 1.76 bits per heavy atom. The highest BCUT2D eigenvalue weighted by atomic mass is 35.5. The summed E-state index contributed by atoms with van der Waals surface area (Å²) in [7, 11) is 0. The first-order valence-electron chi connectivity index (χ1n) is 4.64. The molecule has 0 saturated heterocycles. The number of ketones is 1. The summed E-state index contributed by atoms with van der Waals surface area (Å²) < 4.78 is -1.89. The number of nitrogens with one attached hydrogen (secondary N) is 1. The second kappa shape index (κ2) is 4.33. The maximum Gasteiger partial charge on any atom is 0.266 e. The molecule has 0 unspecified atom stereocenters. The highest BCUT2D eigenvalue weighted by Gasteiger charge is 2.47. The molecule has 6 heteroatoms. The van der Waals surface area contributed by atoms with Crippen LogP contribution in [0.25, 0.3) is 0 Å². The Labute approximate surface area is 112 Å². The van der Waals surface area contributed by atoms with E-state index in [-0.39, 0.29) is 10.7 Å². The lowest BCUT2D eigenvalue weighted by Crippen LogP contribution is -2.30. The van der Waals surface area contributed by atoms with Gasteiger partial charge >= 0.3 is 0 Å². The van der Waals surface area contributed by atoms with Crippen LogP contribution in [0.5, 0.6) is 0 Å². The number of halogens is 3. The minimum absolute atomic E-state index is 0.0760. The Kier molecular flexibility index (Phi) is 3.17. The molecule has 1 aliphatic rings. The summed E-state index contributed by atoms with van der Waals surface area (Å²) in [6.07, 6.45) is 0. The minimum Gasteiger partial charge on any atom is -0.319 e. The van der Waals surface area contributed by atoms with Crippen LogP contribution >= 0.6 is 34.8 Å². The first kappa shape index (κ1) is 12.4. The summed E-state index contributed by atoms with van der Waals surface area (Å²) >= 11 is 17.2. The van der Waals surface area contributed by atoms with Crippen LogP contribution in [0.2, 0.25) is 0 Å². The van der Waals surface area contributed by atoms with Gasteiger partial charge in [-0.2, -0.15) is 0 Å². The Balaban J connectivity index is 2.41. The number of hydrogen-bond acceptors (Lipinski definition) is 2. The van der Waals surface area contributed by atoms with Crippen LogP contribution in [0.15, 0.2) is 41.1 Å². The molecule has 1 heterocycles. The van der Waals surface area contributed by atoms with E-state index in [1.165, 1.54) is 0 Å². The largest absolute Gasteiger partial charge is 0.319 e. The maximum absolute atomic E-state index is 12.0. The van der Waals surface area contributed by atoms with E-state index in [1.54, 1.807) is 30.3 Å². The van der Waals surface area contributed by atoms with Crippen molar-refractivity contribution in [3.63, 3.8) is 0 Å². The Morgan fingerprint density at radius 1 is 1.18 bits per heavy atom. The molecule has 2 rings (SSSR count). The fourth-order valence-corrected chi connectivity index (χ4v) is 1.90. The van der Waals surface area contributed by atoms with Gasteiger partial charge < -0.3 is 5.32 Å². The molecule has 0 spiro atoms. The van der Waals surface area contributed by atoms with E-state index < -0.39 is 16.0 Å². The highest BCUT2D eigenvalue weighted by Crippen LogP contribution is 2.39. The van der Waals surface area contributed by atoms with Gasteiger partial charge in [0.1, 0.15) is 5.70 Å². The fraction of sp³-hybridized carbons (Fsp3) is 0.0909. The molecule has 0 aromatic heterocycles. The van der Waals surface area contributed by atoms with Gasteiger partial charge in [0, 0.05) is 5.56 Å². The van der Waals surface area contributed by atoms with Crippen LogP contribution in [0.4, 0.5) is 0 Å². The Bertz CT molecular complexity index is 523. The summed E-state index contributed by atoms with van der Waals surface area (Å²) in [6.45, 7) is 0. The van der Waals surface area contributed by atoms with Gasteiger partial charge in [0.05, 0.1) is 5.03 Å². The van der Waals surface area contributed by atoms with Gasteiger partial charge in [-0.15, -0.1) is 0 Å². The zero-order chi connectivity index (χ0) is 12.6. The average Bonchev–Trinajstić information content (AvgIpc) is 2.53. The first-order valence-corrected chi connectivity index (χ1v) is 5.77. The SMILES string of the molecule is O=C(C1=C(Cl)C(Cl)(Cl)C(=O)N1)c1ccccc1. The van der Waals surface area contributed by atoms with Gasteiger partial charge in [0.25, 0.3) is 5.91 Å². The third kappa shape index (κ3) is 2.06. The van der Waals surface area contributed by atoms with E-state index in [4.69, 9.17) is 34.8 Å². The van der Waals surface area contributed by atoms with Gasteiger partial charge in [0.2, 0.25) is 10.1 Å². The lowest BCUT2D eigenvalue weighted by molar-refractivity contribution is -0.119. The molecule has 0 bridgehead atoms. The average molecular weight is 291 g/mol. The smallest absolute Gasteiger partial charge is 0.266 e. The molecule has 1 amide bonds. The third-order valence-electron chi connectivity index (χ3n) is 2.28. The number of alkyl halides is 2. The van der Waals surface area contributed by atoms with E-state index >= 15 is 0 Å². The summed E-state index contributed by atoms with van der Waals surface area (Å²) in [5, 5.41) is 2.09. The van der Waals surface area contributed by atoms with Gasteiger partial charge in [-0.1, -0.05) is 65.1 Å². The number of rotatable bonds is 2. The van der Waals surface area contributed by atoms with Crippen molar-refractivity contribution >= 4 is 46.5 Å². The molecular weight excluding hydrogens is 284 g/mol. The van der Waals surface area contributed by atoms with Crippen LogP contribution in [0, 0.1) is 0 Å². The maximum atomic E-state index is 12.0. The van der Waals surface area contributed by atoms with Crippen LogP contribution in [0.1, 0.15) is 10.4 Å². The number of benzene rings is 1. The molecule has 0 aliphatic carbocycles. The van der Waals surface area contributed by atoms with E-state index in [9.17, 15) is 9.59 Å². The number of Topliss-reactive ketones (excluding diaryl/α,β-unsaturated/α-hetero) is 1. The summed E-state index contributed by atoms with van der Waals surface area (Å²) in [4.78, 5) is 23.4. The summed E-state index contributed by atoms with van der Waals surface area (Å²) in [5.74, 6) is -1.14. The normalized spacial score (nSPS) is 18.2. The van der Waals surface area contributed by atoms with E-state index in [2.05, 4.69) is 5.32 Å². The molecule has 0 saturated carbocycles. The zero-order valence-corrected chi connectivity index (χ0v) is 10.6. The minimum atomic E-state index is -1.89. The monoisotopic (exact) mass is 289 g/mol. The molecule has 0 atom stereocenters. The predicted molar refractivity (Wildman–Crippen MR) is 66.2 cm³/mol. The number of amides is 1. The lowest BCUT2D eigenvalue weighted by Gasteiger charge is -2.06. The standard InChI is InChI=1S/C11H6Cl3NO2/c12-9-7(15-10(17)11(9,13)14)8(16)6-4-2-1-3-5-6/h1-5H,(H,15,17). The lowest BCUT2D eigenvalue weighted by atomic mass is 10.1. The number of hydrogen-bond donors (Lipinski definition) is 1. The van der Waals surface area contributed by atoms with Crippen molar-refractivity contribution in [2.45, 2.75) is 4.33 Å². The van der Waals surface area contributed by atoms with Gasteiger partial charge in [-0.05, 0) is 0 Å². The van der Waals surface area contributed by atoms with Gasteiger partial charge in [0.15, 0.2) is 0 Å². The van der Waals surface area contributed by atoms with E-state index in [0.717, 1.165) is 0 Å². The van der Waals surface area contributed by atoms with Crippen molar-refractivity contribution < 1.29 is 9.59 Å². The quantitative estimate of drug-likeness (QED) is 0.672. The third-order valence-corrected chi connectivity index (χ3v) is 3.67. The first-order chi connectivity index (χ1) is 7.94. The molecule has 1 aromatic carbocycles. The summed E-state index contributed by atoms with van der Waals surface area (Å²) in [5.41, 5.74) is 0.319. The molecule has 0 radical (unpaired) electrons. The van der Waals surface area contributed by atoms with Crippen LogP contribution < -0.4 is 5.32 Å². The van der Waals surface area contributed by atoms with E-state index in [1.807, 2.05) is 0 Å². The van der Waals surface area contributed by atoms with Crippen LogP contribution in [-0.4, -0.2) is 16.0 Å². The zero-order valence-electron chi connectivity index (χ0n) is 8.34. The molecule has 1 N–H and O–H groups in total. The Morgan fingerprint density at radius 3 is 2.24 bits per heavy atom. The molecule has 1 aliphatic heterocycles. The number of carbonyl (C=O) groups excluding carboxylic acids is 2. The van der Waals surface area contributed by atoms with Crippen molar-refractivity contribution in [1.82, 2.24) is 5.32 Å². The topological polar surface area (TPSA) is 46.2 Å². The fourth-order valence-electron chi connectivity index (χ4n) is 1.39. The van der Waals surface area contributed by atoms with Crippen molar-refractivity contribution in [1.29, 1.82) is 0 Å².